The van der Waals surface area contributed by atoms with Gasteiger partial charge in [0.1, 0.15) is 17.1 Å². The Morgan fingerprint density at radius 3 is 2.11 bits per heavy atom. The van der Waals surface area contributed by atoms with Gasteiger partial charge in [-0.15, -0.1) is 0 Å². The molecule has 2 aromatic rings. The molecule has 148 valence electrons. The number of aromatic hydroxyl groups is 1. The van der Waals surface area contributed by atoms with E-state index in [9.17, 15) is 14.5 Å². The van der Waals surface area contributed by atoms with Gasteiger partial charge in [0.25, 0.3) is 0 Å². The van der Waals surface area contributed by atoms with Crippen molar-refractivity contribution in [1.29, 1.82) is 0 Å². The zero-order valence-electron chi connectivity index (χ0n) is 15.8. The van der Waals surface area contributed by atoms with E-state index in [2.05, 4.69) is 0 Å². The fourth-order valence-corrected chi connectivity index (χ4v) is 2.86. The van der Waals surface area contributed by atoms with E-state index in [4.69, 9.17) is 19.6 Å². The molecule has 0 saturated carbocycles. The number of carbonyl (C=O) groups is 1. The molecule has 0 bridgehead atoms. The van der Waals surface area contributed by atoms with Crippen molar-refractivity contribution in [3.8, 4) is 11.5 Å². The molecule has 0 atom stereocenters. The summed E-state index contributed by atoms with van der Waals surface area (Å²) in [6.45, 7) is 7.68. The van der Waals surface area contributed by atoms with E-state index in [-0.39, 0.29) is 11.3 Å². The SMILES string of the molecule is CC.Cc1cc(OCP(=O)(O)O)cc(C)c1Cc1ccc(O)c(C(=O)O)c1. The van der Waals surface area contributed by atoms with Crippen LogP contribution < -0.4 is 4.74 Å². The number of phenols is 1. The third-order valence-electron chi connectivity index (χ3n) is 3.74. The summed E-state index contributed by atoms with van der Waals surface area (Å²) in [6.07, 6.45) is -0.234. The third-order valence-corrected chi connectivity index (χ3v) is 4.21. The molecule has 0 aliphatic carbocycles. The van der Waals surface area contributed by atoms with Crippen LogP contribution in [0, 0.1) is 13.8 Å². The van der Waals surface area contributed by atoms with E-state index < -0.39 is 19.9 Å². The number of hydrogen-bond acceptors (Lipinski definition) is 4. The molecule has 0 fully saturated rings. The van der Waals surface area contributed by atoms with Crippen LogP contribution in [-0.2, 0) is 11.0 Å². The fraction of sp³-hybridized carbons (Fsp3) is 0.316. The van der Waals surface area contributed by atoms with Gasteiger partial charge in [-0.2, -0.15) is 0 Å². The van der Waals surface area contributed by atoms with Crippen molar-refractivity contribution in [3.05, 3.63) is 58.1 Å². The van der Waals surface area contributed by atoms with Gasteiger partial charge in [-0.1, -0.05) is 19.9 Å². The maximum Gasteiger partial charge on any atom is 0.362 e. The Morgan fingerprint density at radius 2 is 1.63 bits per heavy atom. The molecule has 2 rings (SSSR count). The van der Waals surface area contributed by atoms with Gasteiger partial charge >= 0.3 is 13.6 Å². The van der Waals surface area contributed by atoms with E-state index in [0.717, 1.165) is 22.3 Å². The summed E-state index contributed by atoms with van der Waals surface area (Å²) in [5.41, 5.74) is 3.22. The molecule has 8 heteroatoms. The van der Waals surface area contributed by atoms with Gasteiger partial charge in [0.05, 0.1) is 0 Å². The number of benzene rings is 2. The second kappa shape index (κ2) is 9.55. The molecular weight excluding hydrogens is 371 g/mol. The average Bonchev–Trinajstić information content (AvgIpc) is 2.58. The van der Waals surface area contributed by atoms with E-state index in [1.165, 1.54) is 12.1 Å². The van der Waals surface area contributed by atoms with E-state index in [0.29, 0.717) is 12.2 Å². The molecule has 4 N–H and O–H groups in total. The first-order valence-electron chi connectivity index (χ1n) is 8.39. The van der Waals surface area contributed by atoms with Crippen LogP contribution in [-0.4, -0.2) is 32.3 Å². The van der Waals surface area contributed by atoms with Crippen LogP contribution in [0.2, 0.25) is 0 Å². The minimum atomic E-state index is -4.25. The summed E-state index contributed by atoms with van der Waals surface area (Å²) in [5.74, 6) is -1.13. The number of aryl methyl sites for hydroxylation is 2. The van der Waals surface area contributed by atoms with E-state index >= 15 is 0 Å². The molecule has 0 heterocycles. The Bertz CT molecular complexity index is 832. The Morgan fingerprint density at radius 1 is 1.07 bits per heavy atom. The molecule has 7 nitrogen and oxygen atoms in total. The van der Waals surface area contributed by atoms with Crippen molar-refractivity contribution in [2.45, 2.75) is 34.1 Å². The maximum absolute atomic E-state index is 11.1. The fourth-order valence-electron chi connectivity index (χ4n) is 2.54. The maximum atomic E-state index is 11.1. The van der Waals surface area contributed by atoms with E-state index in [1.807, 2.05) is 27.7 Å². The monoisotopic (exact) mass is 396 g/mol. The smallest absolute Gasteiger partial charge is 0.362 e. The zero-order chi connectivity index (χ0) is 20.8. The topological polar surface area (TPSA) is 124 Å². The van der Waals surface area contributed by atoms with Gasteiger partial charge in [-0.05, 0) is 66.8 Å². The number of ether oxygens (including phenoxy) is 1. The molecular formula is C19H25O7P. The molecule has 0 unspecified atom stereocenters. The lowest BCUT2D eigenvalue weighted by atomic mass is 9.95. The summed E-state index contributed by atoms with van der Waals surface area (Å²) in [6, 6.07) is 7.78. The van der Waals surface area contributed by atoms with Gasteiger partial charge in [0, 0.05) is 0 Å². The van der Waals surface area contributed by atoms with Gasteiger partial charge in [-0.25, -0.2) is 4.79 Å². The van der Waals surface area contributed by atoms with Crippen molar-refractivity contribution in [2.24, 2.45) is 0 Å². The number of aromatic carboxylic acids is 1. The molecule has 0 aliphatic heterocycles. The normalized spacial score (nSPS) is 10.7. The largest absolute Gasteiger partial charge is 0.507 e. The highest BCUT2D eigenvalue weighted by Crippen LogP contribution is 2.35. The standard InChI is InChI=1S/C17H19O7P.C2H6/c1-10-5-13(24-9-25(21,22)23)6-11(2)14(10)7-12-3-4-16(18)15(8-12)17(19)20;1-2/h3-6,8,18H,7,9H2,1-2H3,(H,19,20)(H2,21,22,23);1-2H3. The van der Waals surface area contributed by atoms with Gasteiger partial charge < -0.3 is 24.7 Å². The third kappa shape index (κ3) is 6.71. The molecule has 0 saturated heterocycles. The average molecular weight is 396 g/mol. The predicted octanol–water partition coefficient (Wildman–Crippen LogP) is 3.84. The van der Waals surface area contributed by atoms with Crippen LogP contribution in [0.15, 0.2) is 30.3 Å². The Balaban J connectivity index is 0.00000176. The van der Waals surface area contributed by atoms with Crippen LogP contribution in [0.25, 0.3) is 0 Å². The van der Waals surface area contributed by atoms with Gasteiger partial charge in [-0.3, -0.25) is 4.57 Å². The second-order valence-electron chi connectivity index (χ2n) is 5.81. The van der Waals surface area contributed by atoms with Crippen molar-refractivity contribution >= 4 is 13.6 Å². The van der Waals surface area contributed by atoms with E-state index in [1.54, 1.807) is 18.2 Å². The minimum absolute atomic E-state index is 0.158. The van der Waals surface area contributed by atoms with Crippen molar-refractivity contribution < 1.29 is 34.1 Å². The molecule has 0 radical (unpaired) electrons. The first-order valence-corrected chi connectivity index (χ1v) is 10.2. The predicted molar refractivity (Wildman–Crippen MR) is 103 cm³/mol. The lowest BCUT2D eigenvalue weighted by Gasteiger charge is -2.14. The lowest BCUT2D eigenvalue weighted by molar-refractivity contribution is 0.0693. The van der Waals surface area contributed by atoms with Gasteiger partial charge in [0.15, 0.2) is 6.35 Å². The second-order valence-corrected chi connectivity index (χ2v) is 7.39. The number of carboxylic acid groups (broad SMARTS) is 1. The lowest BCUT2D eigenvalue weighted by Crippen LogP contribution is -2.02. The van der Waals surface area contributed by atoms with Crippen molar-refractivity contribution in [3.63, 3.8) is 0 Å². The van der Waals surface area contributed by atoms with Crippen molar-refractivity contribution in [1.82, 2.24) is 0 Å². The van der Waals surface area contributed by atoms with Crippen LogP contribution in [0.4, 0.5) is 0 Å². The van der Waals surface area contributed by atoms with Gasteiger partial charge in [0.2, 0.25) is 0 Å². The first-order chi connectivity index (χ1) is 12.6. The van der Waals surface area contributed by atoms with Crippen LogP contribution >= 0.6 is 7.60 Å². The Labute approximate surface area is 158 Å². The highest BCUT2D eigenvalue weighted by molar-refractivity contribution is 7.51. The van der Waals surface area contributed by atoms with Crippen LogP contribution in [0.5, 0.6) is 11.5 Å². The number of hydrogen-bond donors (Lipinski definition) is 4. The summed E-state index contributed by atoms with van der Waals surface area (Å²) in [4.78, 5) is 28.9. The molecule has 27 heavy (non-hydrogen) atoms. The zero-order valence-corrected chi connectivity index (χ0v) is 16.7. The molecule has 0 aliphatic rings. The molecule has 2 aromatic carbocycles. The summed E-state index contributed by atoms with van der Waals surface area (Å²) >= 11 is 0. The summed E-state index contributed by atoms with van der Waals surface area (Å²) in [7, 11) is -4.25. The number of rotatable bonds is 6. The highest BCUT2D eigenvalue weighted by Gasteiger charge is 2.16. The Hall–Kier alpha value is -2.34. The highest BCUT2D eigenvalue weighted by atomic mass is 31.2. The summed E-state index contributed by atoms with van der Waals surface area (Å²) < 4.78 is 16.0. The van der Waals surface area contributed by atoms with Crippen molar-refractivity contribution in [2.75, 3.05) is 6.35 Å². The summed E-state index contributed by atoms with van der Waals surface area (Å²) in [5, 5.41) is 18.7. The Kier molecular flexibility index (Phi) is 8.03. The molecule has 0 spiro atoms. The number of carboxylic acids is 1. The van der Waals surface area contributed by atoms with Crippen LogP contribution in [0.3, 0.4) is 0 Å². The molecule has 0 aromatic heterocycles. The quantitative estimate of drug-likeness (QED) is 0.547. The molecule has 0 amide bonds. The first kappa shape index (κ1) is 22.7. The van der Waals surface area contributed by atoms with Crippen LogP contribution in [0.1, 0.15) is 46.5 Å². The minimum Gasteiger partial charge on any atom is -0.507 e.